The van der Waals surface area contributed by atoms with Crippen LogP contribution in [0.15, 0.2) is 36.7 Å². The Morgan fingerprint density at radius 3 is 2.48 bits per heavy atom. The van der Waals surface area contributed by atoms with Crippen LogP contribution in [0.3, 0.4) is 0 Å². The van der Waals surface area contributed by atoms with Gasteiger partial charge in [-0.15, -0.1) is 0 Å². The summed E-state index contributed by atoms with van der Waals surface area (Å²) in [7, 11) is 0. The molecule has 1 atom stereocenters. The van der Waals surface area contributed by atoms with E-state index in [1.807, 2.05) is 24.3 Å². The number of hydrogen-bond acceptors (Lipinski definition) is 2. The van der Waals surface area contributed by atoms with Crippen LogP contribution in [-0.2, 0) is 11.2 Å². The van der Waals surface area contributed by atoms with Crippen molar-refractivity contribution in [2.75, 3.05) is 6.54 Å². The Kier molecular flexibility index (Phi) is 5.70. The molecule has 2 fully saturated rings. The largest absolute Gasteiger partial charge is 0.339 e. The Balaban J connectivity index is 1.55. The van der Waals surface area contributed by atoms with Crippen molar-refractivity contribution >= 4 is 29.1 Å². The maximum absolute atomic E-state index is 13.0. The van der Waals surface area contributed by atoms with Gasteiger partial charge in [-0.3, -0.25) is 9.78 Å². The molecule has 1 aliphatic heterocycles. The summed E-state index contributed by atoms with van der Waals surface area (Å²) in [5.74, 6) is 0.262. The number of hydrogen-bond donors (Lipinski definition) is 0. The lowest BCUT2D eigenvalue weighted by Gasteiger charge is -2.31. The van der Waals surface area contributed by atoms with Gasteiger partial charge in [0.1, 0.15) is 0 Å². The normalized spacial score (nSPS) is 21.0. The van der Waals surface area contributed by atoms with Crippen LogP contribution in [0.25, 0.3) is 11.1 Å². The summed E-state index contributed by atoms with van der Waals surface area (Å²) in [6, 6.07) is 8.13. The third-order valence-electron chi connectivity index (χ3n) is 5.99. The molecule has 1 aromatic carbocycles. The highest BCUT2D eigenvalue weighted by molar-refractivity contribution is 6.37. The molecule has 1 saturated heterocycles. The number of carbonyl (C=O) groups is 1. The first kappa shape index (κ1) is 18.8. The second-order valence-corrected chi connectivity index (χ2v) is 8.42. The topological polar surface area (TPSA) is 33.2 Å². The molecule has 0 radical (unpaired) electrons. The summed E-state index contributed by atoms with van der Waals surface area (Å²) in [5, 5.41) is 1.29. The van der Waals surface area contributed by atoms with Gasteiger partial charge in [0.2, 0.25) is 5.91 Å². The van der Waals surface area contributed by atoms with E-state index < -0.39 is 0 Å². The number of nitrogens with zero attached hydrogens (tertiary/aromatic N) is 2. The molecule has 1 unspecified atom stereocenters. The molecule has 2 aliphatic rings. The molecule has 1 aliphatic carbocycles. The first-order valence-corrected chi connectivity index (χ1v) is 10.6. The lowest BCUT2D eigenvalue weighted by Crippen LogP contribution is -2.39. The fourth-order valence-electron chi connectivity index (χ4n) is 4.49. The van der Waals surface area contributed by atoms with Crippen molar-refractivity contribution in [3.05, 3.63) is 52.3 Å². The zero-order valence-electron chi connectivity index (χ0n) is 15.3. The number of carbonyl (C=O) groups excluding carboxylic acids is 1. The van der Waals surface area contributed by atoms with Crippen molar-refractivity contribution in [2.24, 2.45) is 5.92 Å². The van der Waals surface area contributed by atoms with E-state index in [9.17, 15) is 4.79 Å². The summed E-state index contributed by atoms with van der Waals surface area (Å²) < 4.78 is 0. The molecule has 1 aromatic heterocycles. The monoisotopic (exact) mass is 402 g/mol. The van der Waals surface area contributed by atoms with E-state index in [0.717, 1.165) is 42.5 Å². The average molecular weight is 403 g/mol. The number of halogens is 2. The van der Waals surface area contributed by atoms with Crippen LogP contribution >= 0.6 is 23.2 Å². The quantitative estimate of drug-likeness (QED) is 0.649. The van der Waals surface area contributed by atoms with Crippen LogP contribution in [0.4, 0.5) is 0 Å². The SMILES string of the molecule is O=C1C(Cc2c(Cl)ccc(-c3ccncc3)c2Cl)CCN1C1CCCCC1. The minimum absolute atomic E-state index is 0.0189. The van der Waals surface area contributed by atoms with Crippen molar-refractivity contribution in [1.29, 1.82) is 0 Å². The van der Waals surface area contributed by atoms with Gasteiger partial charge in [0.25, 0.3) is 0 Å². The van der Waals surface area contributed by atoms with Gasteiger partial charge in [0.15, 0.2) is 0 Å². The Bertz CT molecular complexity index is 819. The van der Waals surface area contributed by atoms with Crippen LogP contribution in [0.2, 0.25) is 10.0 Å². The van der Waals surface area contributed by atoms with Gasteiger partial charge in [0.05, 0.1) is 5.02 Å². The molecule has 27 heavy (non-hydrogen) atoms. The second-order valence-electron chi connectivity index (χ2n) is 7.64. The average Bonchev–Trinajstić information content (AvgIpc) is 3.07. The Hall–Kier alpha value is -1.58. The highest BCUT2D eigenvalue weighted by Crippen LogP contribution is 2.38. The molecule has 4 rings (SSSR count). The molecule has 5 heteroatoms. The predicted molar refractivity (Wildman–Crippen MR) is 110 cm³/mol. The van der Waals surface area contributed by atoms with E-state index in [1.54, 1.807) is 12.4 Å². The smallest absolute Gasteiger partial charge is 0.226 e. The maximum Gasteiger partial charge on any atom is 0.226 e. The van der Waals surface area contributed by atoms with Crippen molar-refractivity contribution in [1.82, 2.24) is 9.88 Å². The standard InChI is InChI=1S/C22H24Cl2N2O/c23-20-7-6-18(15-8-11-25-12-9-15)21(24)19(20)14-16-10-13-26(22(16)27)17-4-2-1-3-5-17/h6-9,11-12,16-17H,1-5,10,13-14H2. The summed E-state index contributed by atoms with van der Waals surface area (Å²) in [6.07, 6.45) is 11.1. The Labute approximate surface area is 170 Å². The highest BCUT2D eigenvalue weighted by atomic mass is 35.5. The van der Waals surface area contributed by atoms with Gasteiger partial charge < -0.3 is 4.90 Å². The summed E-state index contributed by atoms with van der Waals surface area (Å²) in [6.45, 7) is 0.869. The van der Waals surface area contributed by atoms with E-state index in [0.29, 0.717) is 22.5 Å². The Morgan fingerprint density at radius 1 is 1.00 bits per heavy atom. The molecule has 1 saturated carbocycles. The third kappa shape index (κ3) is 3.86. The van der Waals surface area contributed by atoms with Crippen LogP contribution in [-0.4, -0.2) is 28.4 Å². The van der Waals surface area contributed by atoms with Crippen molar-refractivity contribution in [3.8, 4) is 11.1 Å². The first-order valence-electron chi connectivity index (χ1n) is 9.83. The van der Waals surface area contributed by atoms with Crippen molar-refractivity contribution in [3.63, 3.8) is 0 Å². The predicted octanol–water partition coefficient (Wildman–Crippen LogP) is 5.78. The van der Waals surface area contributed by atoms with Gasteiger partial charge in [0, 0.05) is 41.5 Å². The van der Waals surface area contributed by atoms with Crippen molar-refractivity contribution < 1.29 is 4.79 Å². The number of likely N-dealkylation sites (tertiary alicyclic amines) is 1. The van der Waals surface area contributed by atoms with Crippen LogP contribution in [0.5, 0.6) is 0 Å². The van der Waals surface area contributed by atoms with Gasteiger partial charge in [-0.05, 0) is 55.0 Å². The molecule has 0 spiro atoms. The molecular formula is C22H24Cl2N2O. The fraction of sp³-hybridized carbons (Fsp3) is 0.455. The third-order valence-corrected chi connectivity index (χ3v) is 6.78. The highest BCUT2D eigenvalue weighted by Gasteiger charge is 2.36. The summed E-state index contributed by atoms with van der Waals surface area (Å²) >= 11 is 13.2. The molecule has 1 amide bonds. The number of amides is 1. The first-order chi connectivity index (χ1) is 13.1. The van der Waals surface area contributed by atoms with Crippen LogP contribution in [0, 0.1) is 5.92 Å². The molecule has 2 heterocycles. The summed E-state index contributed by atoms with van der Waals surface area (Å²) in [5.41, 5.74) is 2.83. The van der Waals surface area contributed by atoms with Gasteiger partial charge in [-0.1, -0.05) is 48.5 Å². The van der Waals surface area contributed by atoms with Gasteiger partial charge in [-0.2, -0.15) is 0 Å². The second kappa shape index (κ2) is 8.20. The maximum atomic E-state index is 13.0. The zero-order chi connectivity index (χ0) is 18.8. The van der Waals surface area contributed by atoms with E-state index >= 15 is 0 Å². The minimum Gasteiger partial charge on any atom is -0.339 e. The Morgan fingerprint density at radius 2 is 1.74 bits per heavy atom. The number of aromatic nitrogens is 1. The number of benzene rings is 1. The van der Waals surface area contributed by atoms with Crippen LogP contribution in [0.1, 0.15) is 44.1 Å². The van der Waals surface area contributed by atoms with Gasteiger partial charge >= 0.3 is 0 Å². The van der Waals surface area contributed by atoms with Crippen molar-refractivity contribution in [2.45, 2.75) is 51.0 Å². The molecule has 0 N–H and O–H groups in total. The fourth-order valence-corrected chi connectivity index (χ4v) is 5.13. The minimum atomic E-state index is -0.0189. The molecule has 3 nitrogen and oxygen atoms in total. The lowest BCUT2D eigenvalue weighted by molar-refractivity contribution is -0.133. The number of pyridine rings is 1. The van der Waals surface area contributed by atoms with E-state index in [-0.39, 0.29) is 11.8 Å². The van der Waals surface area contributed by atoms with Gasteiger partial charge in [-0.25, -0.2) is 0 Å². The number of rotatable bonds is 4. The molecule has 142 valence electrons. The molecule has 0 bridgehead atoms. The molecular weight excluding hydrogens is 379 g/mol. The van der Waals surface area contributed by atoms with Crippen LogP contribution < -0.4 is 0 Å². The van der Waals surface area contributed by atoms with E-state index in [1.165, 1.54) is 19.3 Å². The van der Waals surface area contributed by atoms with E-state index in [4.69, 9.17) is 23.2 Å². The zero-order valence-corrected chi connectivity index (χ0v) is 16.8. The van der Waals surface area contributed by atoms with E-state index in [2.05, 4.69) is 9.88 Å². The lowest BCUT2D eigenvalue weighted by atomic mass is 9.93. The molecule has 2 aromatic rings. The summed E-state index contributed by atoms with van der Waals surface area (Å²) in [4.78, 5) is 19.2.